The highest BCUT2D eigenvalue weighted by Gasteiger charge is 2.11. The van der Waals surface area contributed by atoms with Gasteiger partial charge in [-0.05, 0) is 56.5 Å². The molecule has 0 heterocycles. The Labute approximate surface area is 121 Å². The summed E-state index contributed by atoms with van der Waals surface area (Å²) in [6.45, 7) is 3.85. The smallest absolute Gasteiger partial charge is 0.122 e. The zero-order valence-corrected chi connectivity index (χ0v) is 12.5. The van der Waals surface area contributed by atoms with Crippen LogP contribution < -0.4 is 10.1 Å². The topological polar surface area (TPSA) is 21.3 Å². The maximum atomic E-state index is 5.92. The summed E-state index contributed by atoms with van der Waals surface area (Å²) >= 11 is 5.92. The average Bonchev–Trinajstić information content (AvgIpc) is 2.42. The van der Waals surface area contributed by atoms with Crippen molar-refractivity contribution < 1.29 is 4.74 Å². The number of rotatable bonds is 6. The van der Waals surface area contributed by atoms with Crippen molar-refractivity contribution in [1.82, 2.24) is 5.32 Å². The van der Waals surface area contributed by atoms with Crippen molar-refractivity contribution in [2.75, 3.05) is 13.2 Å². The Kier molecular flexibility index (Phi) is 5.99. The number of aryl methyl sites for hydroxylation is 1. The lowest BCUT2D eigenvalue weighted by Crippen LogP contribution is -2.32. The lowest BCUT2D eigenvalue weighted by Gasteiger charge is -2.22. The van der Waals surface area contributed by atoms with Crippen LogP contribution in [-0.2, 0) is 0 Å². The lowest BCUT2D eigenvalue weighted by molar-refractivity contribution is 0.295. The summed E-state index contributed by atoms with van der Waals surface area (Å²) in [4.78, 5) is 0. The highest BCUT2D eigenvalue weighted by atomic mass is 35.5. The predicted octanol–water partition coefficient (Wildman–Crippen LogP) is 4.34. The Morgan fingerprint density at radius 3 is 2.79 bits per heavy atom. The van der Waals surface area contributed by atoms with Gasteiger partial charge in [-0.2, -0.15) is 0 Å². The van der Waals surface area contributed by atoms with E-state index < -0.39 is 0 Å². The van der Waals surface area contributed by atoms with Crippen molar-refractivity contribution in [2.24, 2.45) is 0 Å². The highest BCUT2D eigenvalue weighted by molar-refractivity contribution is 6.30. The molecule has 1 N–H and O–H groups in total. The van der Waals surface area contributed by atoms with Crippen LogP contribution in [0.5, 0.6) is 5.75 Å². The molecule has 3 heteroatoms. The van der Waals surface area contributed by atoms with E-state index in [1.54, 1.807) is 0 Å². The monoisotopic (exact) mass is 281 g/mol. The fraction of sp³-hybridized carbons (Fsp3) is 0.625. The van der Waals surface area contributed by atoms with Crippen LogP contribution in [0.4, 0.5) is 0 Å². The molecular formula is C16H24ClNO. The molecular weight excluding hydrogens is 258 g/mol. The zero-order chi connectivity index (χ0) is 13.5. The Balaban J connectivity index is 1.61. The molecule has 0 saturated heterocycles. The van der Waals surface area contributed by atoms with Gasteiger partial charge in [0.1, 0.15) is 5.75 Å². The van der Waals surface area contributed by atoms with Crippen molar-refractivity contribution in [3.05, 3.63) is 28.8 Å². The minimum Gasteiger partial charge on any atom is -0.493 e. The van der Waals surface area contributed by atoms with Gasteiger partial charge in [0.2, 0.25) is 0 Å². The Hall–Kier alpha value is -0.730. The minimum atomic E-state index is 0.742. The number of nitrogens with one attached hydrogen (secondary N) is 1. The summed E-state index contributed by atoms with van der Waals surface area (Å²) in [6.07, 6.45) is 7.93. The standard InChI is InChI=1S/C16H24ClNO/c1-13-12-14(17)8-9-16(13)19-11-5-10-18-15-6-3-2-4-7-15/h8-9,12,15,18H,2-7,10-11H2,1H3. The van der Waals surface area contributed by atoms with Gasteiger partial charge in [-0.1, -0.05) is 30.9 Å². The van der Waals surface area contributed by atoms with Crippen molar-refractivity contribution in [2.45, 2.75) is 51.5 Å². The minimum absolute atomic E-state index is 0.742. The van der Waals surface area contributed by atoms with Gasteiger partial charge in [-0.15, -0.1) is 0 Å². The number of ether oxygens (including phenoxy) is 1. The van der Waals surface area contributed by atoms with Crippen LogP contribution in [0, 0.1) is 6.92 Å². The quantitative estimate of drug-likeness (QED) is 0.783. The summed E-state index contributed by atoms with van der Waals surface area (Å²) in [5.41, 5.74) is 1.10. The molecule has 2 rings (SSSR count). The second-order valence-corrected chi connectivity index (χ2v) is 5.84. The Morgan fingerprint density at radius 1 is 1.26 bits per heavy atom. The second kappa shape index (κ2) is 7.76. The molecule has 1 aromatic rings. The molecule has 0 bridgehead atoms. The van der Waals surface area contributed by atoms with E-state index >= 15 is 0 Å². The van der Waals surface area contributed by atoms with Crippen LogP contribution in [0.2, 0.25) is 5.02 Å². The maximum absolute atomic E-state index is 5.92. The van der Waals surface area contributed by atoms with E-state index in [0.717, 1.165) is 41.9 Å². The van der Waals surface area contributed by atoms with Crippen LogP contribution in [0.25, 0.3) is 0 Å². The van der Waals surface area contributed by atoms with Gasteiger partial charge in [-0.3, -0.25) is 0 Å². The van der Waals surface area contributed by atoms with E-state index in [4.69, 9.17) is 16.3 Å². The van der Waals surface area contributed by atoms with Gasteiger partial charge in [0, 0.05) is 11.1 Å². The first-order valence-corrected chi connectivity index (χ1v) is 7.76. The zero-order valence-electron chi connectivity index (χ0n) is 11.8. The average molecular weight is 282 g/mol. The van der Waals surface area contributed by atoms with Crippen molar-refractivity contribution >= 4 is 11.6 Å². The van der Waals surface area contributed by atoms with E-state index in [2.05, 4.69) is 5.32 Å². The fourth-order valence-electron chi connectivity index (χ4n) is 2.64. The Morgan fingerprint density at radius 2 is 2.05 bits per heavy atom. The third kappa shape index (κ3) is 5.04. The molecule has 0 unspecified atom stereocenters. The first-order chi connectivity index (χ1) is 9.25. The predicted molar refractivity (Wildman–Crippen MR) is 81.2 cm³/mol. The van der Waals surface area contributed by atoms with Gasteiger partial charge in [0.15, 0.2) is 0 Å². The summed E-state index contributed by atoms with van der Waals surface area (Å²) in [5, 5.41) is 4.40. The van der Waals surface area contributed by atoms with Crippen LogP contribution in [0.3, 0.4) is 0 Å². The van der Waals surface area contributed by atoms with E-state index in [0.29, 0.717) is 0 Å². The maximum Gasteiger partial charge on any atom is 0.122 e. The van der Waals surface area contributed by atoms with Gasteiger partial charge in [0.25, 0.3) is 0 Å². The molecule has 19 heavy (non-hydrogen) atoms. The third-order valence-electron chi connectivity index (χ3n) is 3.75. The number of hydrogen-bond donors (Lipinski definition) is 1. The van der Waals surface area contributed by atoms with Crippen molar-refractivity contribution in [3.63, 3.8) is 0 Å². The molecule has 1 aliphatic rings. The molecule has 0 radical (unpaired) electrons. The molecule has 0 spiro atoms. The molecule has 1 saturated carbocycles. The van der Waals surface area contributed by atoms with Gasteiger partial charge in [-0.25, -0.2) is 0 Å². The molecule has 0 aromatic heterocycles. The van der Waals surface area contributed by atoms with Crippen LogP contribution in [0.15, 0.2) is 18.2 Å². The van der Waals surface area contributed by atoms with E-state index in [1.165, 1.54) is 32.1 Å². The highest BCUT2D eigenvalue weighted by Crippen LogP contribution is 2.22. The number of hydrogen-bond acceptors (Lipinski definition) is 2. The van der Waals surface area contributed by atoms with Gasteiger partial charge in [0.05, 0.1) is 6.61 Å². The van der Waals surface area contributed by atoms with Crippen LogP contribution in [0.1, 0.15) is 44.1 Å². The second-order valence-electron chi connectivity index (χ2n) is 5.40. The molecule has 0 atom stereocenters. The lowest BCUT2D eigenvalue weighted by atomic mass is 9.95. The van der Waals surface area contributed by atoms with Gasteiger partial charge < -0.3 is 10.1 Å². The Bertz CT molecular complexity index is 388. The summed E-state index contributed by atoms with van der Waals surface area (Å²) in [7, 11) is 0. The molecule has 1 aliphatic carbocycles. The SMILES string of the molecule is Cc1cc(Cl)ccc1OCCCNC1CCCCC1. The molecule has 0 amide bonds. The largest absolute Gasteiger partial charge is 0.493 e. The first-order valence-electron chi connectivity index (χ1n) is 7.38. The number of benzene rings is 1. The summed E-state index contributed by atoms with van der Waals surface area (Å²) in [6, 6.07) is 6.51. The van der Waals surface area contributed by atoms with Gasteiger partial charge >= 0.3 is 0 Å². The molecule has 106 valence electrons. The molecule has 1 aromatic carbocycles. The molecule has 1 fully saturated rings. The summed E-state index contributed by atoms with van der Waals surface area (Å²) < 4.78 is 5.78. The van der Waals surface area contributed by atoms with Crippen LogP contribution >= 0.6 is 11.6 Å². The van der Waals surface area contributed by atoms with Crippen LogP contribution in [-0.4, -0.2) is 19.2 Å². The molecule has 2 nitrogen and oxygen atoms in total. The normalized spacial score (nSPS) is 16.5. The molecule has 0 aliphatic heterocycles. The van der Waals surface area contributed by atoms with E-state index in [-0.39, 0.29) is 0 Å². The summed E-state index contributed by atoms with van der Waals surface area (Å²) in [5.74, 6) is 0.946. The fourth-order valence-corrected chi connectivity index (χ4v) is 2.87. The van der Waals surface area contributed by atoms with E-state index in [9.17, 15) is 0 Å². The van der Waals surface area contributed by atoms with E-state index in [1.807, 2.05) is 25.1 Å². The first kappa shape index (κ1) is 14.7. The van der Waals surface area contributed by atoms with Crippen molar-refractivity contribution in [3.8, 4) is 5.75 Å². The third-order valence-corrected chi connectivity index (χ3v) is 3.99. The van der Waals surface area contributed by atoms with Crippen molar-refractivity contribution in [1.29, 1.82) is 0 Å². The number of halogens is 1.